The molecule has 0 saturated carbocycles. The number of aliphatic hydroxyl groups excluding tert-OH is 3. The molecular formula is C28H34ClIN2O8. The number of halogens is 2. The Hall–Kier alpha value is -2.42. The first-order valence-electron chi connectivity index (χ1n) is 12.7. The second kappa shape index (κ2) is 15.5. The predicted molar refractivity (Wildman–Crippen MR) is 157 cm³/mol. The summed E-state index contributed by atoms with van der Waals surface area (Å²) >= 11 is 8.10. The van der Waals surface area contributed by atoms with Crippen molar-refractivity contribution in [1.29, 1.82) is 0 Å². The highest BCUT2D eigenvalue weighted by Gasteiger charge is 2.41. The molecule has 0 bridgehead atoms. The molecule has 0 aliphatic heterocycles. The zero-order valence-corrected chi connectivity index (χ0v) is 25.2. The number of benzene rings is 2. The van der Waals surface area contributed by atoms with Gasteiger partial charge in [-0.25, -0.2) is 0 Å². The number of carbonyl (C=O) groups excluding carboxylic acids is 2. The van der Waals surface area contributed by atoms with Gasteiger partial charge in [-0.3, -0.25) is 9.59 Å². The van der Waals surface area contributed by atoms with Crippen LogP contribution in [0.3, 0.4) is 0 Å². The monoisotopic (exact) mass is 688 g/mol. The van der Waals surface area contributed by atoms with E-state index in [9.17, 15) is 24.9 Å². The average Bonchev–Trinajstić information content (AvgIpc) is 2.96. The van der Waals surface area contributed by atoms with Crippen molar-refractivity contribution in [3.8, 4) is 11.5 Å². The van der Waals surface area contributed by atoms with Crippen molar-refractivity contribution in [3.05, 3.63) is 67.8 Å². The molecule has 0 radical (unpaired) electrons. The zero-order valence-electron chi connectivity index (χ0n) is 22.3. The van der Waals surface area contributed by atoms with Crippen LogP contribution in [-0.2, 0) is 27.5 Å². The van der Waals surface area contributed by atoms with Gasteiger partial charge in [0.1, 0.15) is 12.2 Å². The van der Waals surface area contributed by atoms with Gasteiger partial charge in [0.15, 0.2) is 11.5 Å². The van der Waals surface area contributed by atoms with Gasteiger partial charge in [-0.05, 0) is 64.1 Å². The normalized spacial score (nSPS) is 18.6. The van der Waals surface area contributed by atoms with Gasteiger partial charge in [-0.15, -0.1) is 0 Å². The molecule has 10 nitrogen and oxygen atoms in total. The minimum absolute atomic E-state index is 0.0461. The highest BCUT2D eigenvalue weighted by atomic mass is 127. The van der Waals surface area contributed by atoms with E-state index < -0.39 is 24.2 Å². The molecule has 40 heavy (non-hydrogen) atoms. The van der Waals surface area contributed by atoms with E-state index in [4.69, 9.17) is 25.8 Å². The molecule has 0 aromatic heterocycles. The Morgan fingerprint density at radius 1 is 1.15 bits per heavy atom. The highest BCUT2D eigenvalue weighted by molar-refractivity contribution is 14.1. The number of ether oxygens (including phenoxy) is 3. The van der Waals surface area contributed by atoms with Crippen molar-refractivity contribution in [2.45, 2.75) is 44.2 Å². The maximum atomic E-state index is 13.4. The molecule has 2 amide bonds. The van der Waals surface area contributed by atoms with Crippen molar-refractivity contribution in [2.24, 2.45) is 0 Å². The topological polar surface area (TPSA) is 138 Å². The van der Waals surface area contributed by atoms with E-state index >= 15 is 0 Å². The van der Waals surface area contributed by atoms with Crippen LogP contribution in [0.2, 0.25) is 5.02 Å². The summed E-state index contributed by atoms with van der Waals surface area (Å²) in [6.45, 7) is -0.0455. The van der Waals surface area contributed by atoms with Crippen molar-refractivity contribution in [1.82, 2.24) is 10.2 Å². The van der Waals surface area contributed by atoms with E-state index in [1.807, 2.05) is 22.6 Å². The molecule has 0 saturated heterocycles. The fraction of sp³-hybridized carbons (Fsp3) is 0.429. The van der Waals surface area contributed by atoms with Gasteiger partial charge < -0.3 is 39.7 Å². The van der Waals surface area contributed by atoms with Gasteiger partial charge in [0, 0.05) is 37.2 Å². The van der Waals surface area contributed by atoms with Crippen LogP contribution in [0.4, 0.5) is 0 Å². The van der Waals surface area contributed by atoms with Crippen molar-refractivity contribution >= 4 is 46.0 Å². The van der Waals surface area contributed by atoms with Crippen molar-refractivity contribution in [2.75, 3.05) is 34.0 Å². The van der Waals surface area contributed by atoms with E-state index in [0.29, 0.717) is 31.2 Å². The fourth-order valence-corrected chi connectivity index (χ4v) is 5.32. The lowest BCUT2D eigenvalue weighted by molar-refractivity contribution is -0.140. The van der Waals surface area contributed by atoms with E-state index in [0.717, 1.165) is 5.56 Å². The van der Waals surface area contributed by atoms with Gasteiger partial charge in [-0.2, -0.15) is 0 Å². The number of methoxy groups -OCH3 is 2. The molecule has 2 aromatic carbocycles. The molecule has 218 valence electrons. The molecule has 3 atom stereocenters. The number of nitrogens with one attached hydrogen (secondary N) is 1. The Kier molecular flexibility index (Phi) is 12.5. The molecule has 1 aliphatic rings. The summed E-state index contributed by atoms with van der Waals surface area (Å²) in [4.78, 5) is 28.0. The molecule has 1 aliphatic carbocycles. The third-order valence-electron chi connectivity index (χ3n) is 6.45. The number of hydrogen-bond donors (Lipinski definition) is 4. The Labute approximate surface area is 252 Å². The van der Waals surface area contributed by atoms with E-state index in [1.54, 1.807) is 36.4 Å². The molecule has 2 aromatic rings. The molecule has 12 heteroatoms. The maximum absolute atomic E-state index is 13.4. The van der Waals surface area contributed by atoms with Crippen LogP contribution in [-0.4, -0.2) is 84.3 Å². The second-order valence-corrected chi connectivity index (χ2v) is 10.8. The SMILES string of the molecule is COCCC(=O)N(Cc1ccc(Cl)cc1)C1CC(C(=O)NCCO)=CC(Oc2c(I)cc(CO)cc2OC)C1O. The summed E-state index contributed by atoms with van der Waals surface area (Å²) in [5.41, 5.74) is 1.71. The quantitative estimate of drug-likeness (QED) is 0.236. The summed E-state index contributed by atoms with van der Waals surface area (Å²) < 4.78 is 17.5. The highest BCUT2D eigenvalue weighted by Crippen LogP contribution is 2.37. The minimum Gasteiger partial charge on any atom is -0.493 e. The number of aliphatic hydroxyl groups is 3. The predicted octanol–water partition coefficient (Wildman–Crippen LogP) is 2.43. The number of amides is 2. The second-order valence-electron chi connectivity index (χ2n) is 9.17. The Bertz CT molecular complexity index is 1190. The third kappa shape index (κ3) is 8.30. The molecule has 0 spiro atoms. The van der Waals surface area contributed by atoms with Gasteiger partial charge in [0.05, 0.1) is 43.0 Å². The van der Waals surface area contributed by atoms with E-state index in [2.05, 4.69) is 5.32 Å². The molecule has 4 N–H and O–H groups in total. The van der Waals surface area contributed by atoms with Crippen LogP contribution >= 0.6 is 34.2 Å². The Morgan fingerprint density at radius 3 is 2.50 bits per heavy atom. The van der Waals surface area contributed by atoms with Crippen LogP contribution in [0.1, 0.15) is 24.0 Å². The first kappa shape index (κ1) is 32.1. The van der Waals surface area contributed by atoms with Crippen molar-refractivity contribution in [3.63, 3.8) is 0 Å². The van der Waals surface area contributed by atoms with Crippen LogP contribution in [0.25, 0.3) is 0 Å². The average molecular weight is 689 g/mol. The van der Waals surface area contributed by atoms with Gasteiger partial charge in [0.2, 0.25) is 11.8 Å². The van der Waals surface area contributed by atoms with Crippen molar-refractivity contribution < 1.29 is 39.1 Å². The molecule has 0 heterocycles. The van der Waals surface area contributed by atoms with E-state index in [1.165, 1.54) is 25.2 Å². The molecular weight excluding hydrogens is 655 g/mol. The number of hydrogen-bond acceptors (Lipinski definition) is 8. The Morgan fingerprint density at radius 2 is 1.88 bits per heavy atom. The van der Waals surface area contributed by atoms with E-state index in [-0.39, 0.29) is 51.7 Å². The summed E-state index contributed by atoms with van der Waals surface area (Å²) in [7, 11) is 2.96. The van der Waals surface area contributed by atoms with Gasteiger partial charge in [0.25, 0.3) is 0 Å². The standard InChI is InChI=1S/C28H34ClIN2O8/c1-38-10-7-25(35)32(15-17-3-5-20(29)6-4-17)22-13-19(28(37)31-8-9-33)14-23(26(22)36)40-27-21(30)11-18(16-34)12-24(27)39-2/h3-6,11-12,14,22-23,26,33-34,36H,7-10,13,15-16H2,1-2H3,(H,31,37). The largest absolute Gasteiger partial charge is 0.493 e. The summed E-state index contributed by atoms with van der Waals surface area (Å²) in [5.74, 6) is -0.0332. The molecule has 0 fully saturated rings. The number of carbonyl (C=O) groups is 2. The Balaban J connectivity index is 2.02. The van der Waals surface area contributed by atoms with Crippen LogP contribution in [0, 0.1) is 3.57 Å². The number of rotatable bonds is 13. The van der Waals surface area contributed by atoms with Crippen LogP contribution < -0.4 is 14.8 Å². The first-order valence-corrected chi connectivity index (χ1v) is 14.1. The first-order chi connectivity index (χ1) is 19.2. The zero-order chi connectivity index (χ0) is 29.2. The van der Waals surface area contributed by atoms with Gasteiger partial charge in [-0.1, -0.05) is 23.7 Å². The summed E-state index contributed by atoms with van der Waals surface area (Å²) in [6, 6.07) is 9.55. The summed E-state index contributed by atoms with van der Waals surface area (Å²) in [5, 5.41) is 33.6. The fourth-order valence-electron chi connectivity index (χ4n) is 4.40. The van der Waals surface area contributed by atoms with Gasteiger partial charge >= 0.3 is 0 Å². The lowest BCUT2D eigenvalue weighted by atomic mass is 9.87. The van der Waals surface area contributed by atoms with Crippen LogP contribution in [0.5, 0.6) is 11.5 Å². The lowest BCUT2D eigenvalue weighted by Gasteiger charge is -2.40. The van der Waals surface area contributed by atoms with Crippen LogP contribution in [0.15, 0.2) is 48.0 Å². The molecule has 3 unspecified atom stereocenters. The molecule has 3 rings (SSSR count). The minimum atomic E-state index is -1.22. The maximum Gasteiger partial charge on any atom is 0.247 e. The lowest BCUT2D eigenvalue weighted by Crippen LogP contribution is -2.55. The summed E-state index contributed by atoms with van der Waals surface area (Å²) in [6.07, 6.45) is -0.584. The number of nitrogens with zero attached hydrogens (tertiary/aromatic N) is 1. The smallest absolute Gasteiger partial charge is 0.247 e. The third-order valence-corrected chi connectivity index (χ3v) is 7.50.